The van der Waals surface area contributed by atoms with E-state index in [4.69, 9.17) is 0 Å². The van der Waals surface area contributed by atoms with Crippen LogP contribution in [0.15, 0.2) is 59.7 Å². The lowest BCUT2D eigenvalue weighted by molar-refractivity contribution is -0.122. The molecule has 0 bridgehead atoms. The summed E-state index contributed by atoms with van der Waals surface area (Å²) in [6.45, 7) is -0.0185. The van der Waals surface area contributed by atoms with Gasteiger partial charge in [0.05, 0.1) is 23.3 Å². The minimum Gasteiger partial charge on any atom is -0.348 e. The number of hydrogen-bond donors (Lipinski definition) is 1. The second kappa shape index (κ2) is 5.92. The van der Waals surface area contributed by atoms with E-state index in [0.717, 1.165) is 12.8 Å². The Balaban J connectivity index is 1.53. The van der Waals surface area contributed by atoms with Crippen LogP contribution in [0, 0.1) is 0 Å². The molecule has 1 aliphatic carbocycles. The van der Waals surface area contributed by atoms with Crippen LogP contribution in [0.5, 0.6) is 0 Å². The number of amides is 1. The van der Waals surface area contributed by atoms with E-state index in [1.54, 1.807) is 18.2 Å². The first-order valence-corrected chi connectivity index (χ1v) is 8.04. The Hall–Kier alpha value is -2.95. The van der Waals surface area contributed by atoms with Crippen LogP contribution < -0.4 is 10.9 Å². The molecule has 24 heavy (non-hydrogen) atoms. The van der Waals surface area contributed by atoms with Gasteiger partial charge in [0.15, 0.2) is 0 Å². The van der Waals surface area contributed by atoms with Crippen molar-refractivity contribution in [3.63, 3.8) is 0 Å². The zero-order valence-electron chi connectivity index (χ0n) is 13.1. The number of aromatic nitrogens is 2. The topological polar surface area (TPSA) is 64.0 Å². The lowest BCUT2D eigenvalue weighted by Gasteiger charge is -2.14. The number of carbonyl (C=O) groups excluding carboxylic acids is 1. The summed E-state index contributed by atoms with van der Waals surface area (Å²) in [5.74, 6) is -0.170. The lowest BCUT2D eigenvalue weighted by Crippen LogP contribution is -2.34. The maximum atomic E-state index is 12.4. The number of aryl methyl sites for hydroxylation is 1. The first-order chi connectivity index (χ1) is 11.7. The molecule has 5 nitrogen and oxygen atoms in total. The molecular formula is C19H17N3O2. The molecule has 1 aliphatic rings. The smallest absolute Gasteiger partial charge is 0.261 e. The Morgan fingerprint density at radius 1 is 1.17 bits per heavy atom. The van der Waals surface area contributed by atoms with Crippen LogP contribution in [0.4, 0.5) is 0 Å². The van der Waals surface area contributed by atoms with Gasteiger partial charge in [0, 0.05) is 0 Å². The van der Waals surface area contributed by atoms with Crippen molar-refractivity contribution in [2.24, 2.45) is 0 Å². The molecule has 120 valence electrons. The van der Waals surface area contributed by atoms with Gasteiger partial charge in [-0.3, -0.25) is 14.2 Å². The summed E-state index contributed by atoms with van der Waals surface area (Å²) >= 11 is 0. The minimum atomic E-state index is -0.192. The van der Waals surface area contributed by atoms with Gasteiger partial charge in [-0.1, -0.05) is 36.4 Å². The standard InChI is InChI=1S/C19H17N3O2/c23-18(21-17-10-9-13-5-1-2-6-14(13)17)11-22-12-20-16-8-4-3-7-15(16)19(22)24/h1-8,12,17H,9-11H2,(H,21,23)/t17-/m1/s1. The van der Waals surface area contributed by atoms with Crippen LogP contribution in [-0.4, -0.2) is 15.5 Å². The van der Waals surface area contributed by atoms with Gasteiger partial charge in [-0.25, -0.2) is 4.98 Å². The zero-order chi connectivity index (χ0) is 16.5. The first-order valence-electron chi connectivity index (χ1n) is 8.04. The fourth-order valence-electron chi connectivity index (χ4n) is 3.32. The average molecular weight is 319 g/mol. The van der Waals surface area contributed by atoms with Gasteiger partial charge in [-0.15, -0.1) is 0 Å². The van der Waals surface area contributed by atoms with Crippen LogP contribution in [0.2, 0.25) is 0 Å². The zero-order valence-corrected chi connectivity index (χ0v) is 13.1. The third-order valence-electron chi connectivity index (χ3n) is 4.51. The molecule has 1 amide bonds. The number of fused-ring (bicyclic) bond motifs is 2. The third kappa shape index (κ3) is 2.58. The van der Waals surface area contributed by atoms with Crippen molar-refractivity contribution in [2.75, 3.05) is 0 Å². The molecular weight excluding hydrogens is 302 g/mol. The van der Waals surface area contributed by atoms with E-state index < -0.39 is 0 Å². The molecule has 3 aromatic rings. The highest BCUT2D eigenvalue weighted by Crippen LogP contribution is 2.30. The Morgan fingerprint density at radius 3 is 2.88 bits per heavy atom. The molecule has 0 fully saturated rings. The van der Waals surface area contributed by atoms with E-state index >= 15 is 0 Å². The number of carbonyl (C=O) groups is 1. The predicted octanol–water partition coefficient (Wildman–Crippen LogP) is 2.20. The number of hydrogen-bond acceptors (Lipinski definition) is 3. The van der Waals surface area contributed by atoms with Crippen LogP contribution in [-0.2, 0) is 17.8 Å². The van der Waals surface area contributed by atoms with E-state index in [1.165, 1.54) is 22.0 Å². The predicted molar refractivity (Wildman–Crippen MR) is 91.6 cm³/mol. The Bertz CT molecular complexity index is 978. The highest BCUT2D eigenvalue weighted by Gasteiger charge is 2.23. The van der Waals surface area contributed by atoms with Gasteiger partial charge in [0.2, 0.25) is 5.91 Å². The van der Waals surface area contributed by atoms with Crippen LogP contribution >= 0.6 is 0 Å². The van der Waals surface area contributed by atoms with E-state index in [2.05, 4.69) is 22.4 Å². The van der Waals surface area contributed by atoms with E-state index in [1.807, 2.05) is 18.2 Å². The monoisotopic (exact) mass is 319 g/mol. The molecule has 1 N–H and O–H groups in total. The summed E-state index contributed by atoms with van der Waals surface area (Å²) in [6.07, 6.45) is 3.31. The summed E-state index contributed by atoms with van der Waals surface area (Å²) in [5.41, 5.74) is 2.91. The quantitative estimate of drug-likeness (QED) is 0.805. The van der Waals surface area contributed by atoms with Gasteiger partial charge in [-0.05, 0) is 36.1 Å². The van der Waals surface area contributed by atoms with Crippen molar-refractivity contribution in [3.8, 4) is 0 Å². The minimum absolute atomic E-state index is 0.0185. The molecule has 0 saturated carbocycles. The van der Waals surface area contributed by atoms with Crippen molar-refractivity contribution in [2.45, 2.75) is 25.4 Å². The second-order valence-electron chi connectivity index (χ2n) is 6.05. The molecule has 0 spiro atoms. The number of nitrogens with one attached hydrogen (secondary N) is 1. The Labute approximate surface area is 139 Å². The highest BCUT2D eigenvalue weighted by molar-refractivity contribution is 5.79. The molecule has 5 heteroatoms. The normalized spacial score (nSPS) is 16.1. The van der Waals surface area contributed by atoms with Crippen molar-refractivity contribution >= 4 is 16.8 Å². The summed E-state index contributed by atoms with van der Waals surface area (Å²) in [6, 6.07) is 15.3. The highest BCUT2D eigenvalue weighted by atomic mass is 16.2. The molecule has 0 radical (unpaired) electrons. The van der Waals surface area contributed by atoms with Crippen molar-refractivity contribution in [1.82, 2.24) is 14.9 Å². The molecule has 2 aromatic carbocycles. The number of nitrogens with zero attached hydrogens (tertiary/aromatic N) is 2. The van der Waals surface area contributed by atoms with E-state index in [9.17, 15) is 9.59 Å². The lowest BCUT2D eigenvalue weighted by atomic mass is 10.1. The van der Waals surface area contributed by atoms with Crippen LogP contribution in [0.3, 0.4) is 0 Å². The van der Waals surface area contributed by atoms with Gasteiger partial charge < -0.3 is 5.32 Å². The Kier molecular flexibility index (Phi) is 3.61. The van der Waals surface area contributed by atoms with E-state index in [-0.39, 0.29) is 24.1 Å². The molecule has 0 unspecified atom stereocenters. The van der Waals surface area contributed by atoms with Crippen molar-refractivity contribution in [3.05, 3.63) is 76.3 Å². The maximum Gasteiger partial charge on any atom is 0.261 e. The number of para-hydroxylation sites is 1. The maximum absolute atomic E-state index is 12.4. The molecule has 1 atom stereocenters. The van der Waals surface area contributed by atoms with Crippen LogP contribution in [0.1, 0.15) is 23.6 Å². The fourth-order valence-corrected chi connectivity index (χ4v) is 3.32. The summed E-state index contributed by atoms with van der Waals surface area (Å²) in [7, 11) is 0. The average Bonchev–Trinajstić information content (AvgIpc) is 3.01. The summed E-state index contributed by atoms with van der Waals surface area (Å²) < 4.78 is 1.36. The van der Waals surface area contributed by atoms with Gasteiger partial charge in [0.1, 0.15) is 6.54 Å². The third-order valence-corrected chi connectivity index (χ3v) is 4.51. The van der Waals surface area contributed by atoms with E-state index in [0.29, 0.717) is 10.9 Å². The van der Waals surface area contributed by atoms with Crippen LogP contribution in [0.25, 0.3) is 10.9 Å². The fraction of sp³-hybridized carbons (Fsp3) is 0.211. The number of rotatable bonds is 3. The largest absolute Gasteiger partial charge is 0.348 e. The summed E-state index contributed by atoms with van der Waals surface area (Å²) in [4.78, 5) is 29.1. The molecule has 1 heterocycles. The van der Waals surface area contributed by atoms with Gasteiger partial charge in [0.25, 0.3) is 5.56 Å². The molecule has 0 saturated heterocycles. The second-order valence-corrected chi connectivity index (χ2v) is 6.05. The molecule has 1 aromatic heterocycles. The van der Waals surface area contributed by atoms with Crippen molar-refractivity contribution < 1.29 is 4.79 Å². The number of benzene rings is 2. The summed E-state index contributed by atoms with van der Waals surface area (Å²) in [5, 5.41) is 3.56. The van der Waals surface area contributed by atoms with Gasteiger partial charge in [-0.2, -0.15) is 0 Å². The van der Waals surface area contributed by atoms with Crippen molar-refractivity contribution in [1.29, 1.82) is 0 Å². The first kappa shape index (κ1) is 14.6. The molecule has 4 rings (SSSR count). The SMILES string of the molecule is O=C(Cn1cnc2ccccc2c1=O)N[C@@H]1CCc2ccccc21. The molecule has 0 aliphatic heterocycles. The Morgan fingerprint density at radius 2 is 1.96 bits per heavy atom. The van der Waals surface area contributed by atoms with Gasteiger partial charge >= 0.3 is 0 Å².